The standard InChI is InChI=1S/C16H23BrO2/c1-13(2)14-3-5-15(6-4-14)19-12-16(11-17)7-9-18-10-8-16/h3-6,13H,7-12H2,1-2H3. The monoisotopic (exact) mass is 326 g/mol. The summed E-state index contributed by atoms with van der Waals surface area (Å²) < 4.78 is 11.4. The second-order valence-corrected chi connectivity index (χ2v) is 6.32. The van der Waals surface area contributed by atoms with Crippen LogP contribution in [0, 0.1) is 5.41 Å². The molecule has 3 heteroatoms. The molecule has 0 N–H and O–H groups in total. The summed E-state index contributed by atoms with van der Waals surface area (Å²) in [6.07, 6.45) is 2.14. The summed E-state index contributed by atoms with van der Waals surface area (Å²) >= 11 is 3.64. The second-order valence-electron chi connectivity index (χ2n) is 5.76. The molecule has 106 valence electrons. The first kappa shape index (κ1) is 14.9. The van der Waals surface area contributed by atoms with E-state index in [1.165, 1.54) is 5.56 Å². The molecule has 0 bridgehead atoms. The summed E-state index contributed by atoms with van der Waals surface area (Å²) in [5.74, 6) is 1.54. The molecule has 0 spiro atoms. The lowest BCUT2D eigenvalue weighted by Crippen LogP contribution is -2.36. The van der Waals surface area contributed by atoms with Crippen LogP contribution in [0.5, 0.6) is 5.75 Å². The van der Waals surface area contributed by atoms with E-state index in [0.717, 1.165) is 43.7 Å². The molecule has 1 fully saturated rings. The molecule has 1 aromatic rings. The molecule has 2 rings (SSSR count). The number of hydrogen-bond donors (Lipinski definition) is 0. The van der Waals surface area contributed by atoms with E-state index in [4.69, 9.17) is 9.47 Å². The Labute approximate surface area is 124 Å². The van der Waals surface area contributed by atoms with Crippen molar-refractivity contribution in [1.29, 1.82) is 0 Å². The molecule has 1 aromatic carbocycles. The average molecular weight is 327 g/mol. The summed E-state index contributed by atoms with van der Waals surface area (Å²) in [6, 6.07) is 8.47. The van der Waals surface area contributed by atoms with Gasteiger partial charge in [-0.05, 0) is 36.5 Å². The highest BCUT2D eigenvalue weighted by molar-refractivity contribution is 9.09. The Morgan fingerprint density at radius 3 is 2.37 bits per heavy atom. The van der Waals surface area contributed by atoms with Crippen molar-refractivity contribution in [2.45, 2.75) is 32.6 Å². The van der Waals surface area contributed by atoms with Gasteiger partial charge in [-0.25, -0.2) is 0 Å². The number of halogens is 1. The third-order valence-corrected chi connectivity index (χ3v) is 5.12. The number of rotatable bonds is 5. The topological polar surface area (TPSA) is 18.5 Å². The molecule has 0 atom stereocenters. The zero-order valence-electron chi connectivity index (χ0n) is 11.8. The predicted molar refractivity (Wildman–Crippen MR) is 82.3 cm³/mol. The molecule has 0 amide bonds. The molecule has 0 saturated carbocycles. The Bertz CT molecular complexity index is 380. The Morgan fingerprint density at radius 2 is 1.84 bits per heavy atom. The number of ether oxygens (including phenoxy) is 2. The van der Waals surface area contributed by atoms with Crippen LogP contribution in [0.2, 0.25) is 0 Å². The smallest absolute Gasteiger partial charge is 0.119 e. The first-order valence-electron chi connectivity index (χ1n) is 7.02. The van der Waals surface area contributed by atoms with Crippen molar-refractivity contribution < 1.29 is 9.47 Å². The molecule has 1 heterocycles. The molecule has 1 aliphatic heterocycles. The van der Waals surface area contributed by atoms with Crippen LogP contribution < -0.4 is 4.74 Å². The average Bonchev–Trinajstić information content (AvgIpc) is 2.46. The molecule has 0 aromatic heterocycles. The molecule has 2 nitrogen and oxygen atoms in total. The highest BCUT2D eigenvalue weighted by Gasteiger charge is 2.32. The Hall–Kier alpha value is -0.540. The predicted octanol–water partition coefficient (Wildman–Crippen LogP) is 4.38. The van der Waals surface area contributed by atoms with Gasteiger partial charge in [0, 0.05) is 24.0 Å². The van der Waals surface area contributed by atoms with E-state index in [1.807, 2.05) is 0 Å². The zero-order valence-corrected chi connectivity index (χ0v) is 13.4. The van der Waals surface area contributed by atoms with E-state index in [0.29, 0.717) is 5.92 Å². The normalized spacial score (nSPS) is 18.5. The molecule has 1 saturated heterocycles. The summed E-state index contributed by atoms with van der Waals surface area (Å²) in [5.41, 5.74) is 1.59. The van der Waals surface area contributed by atoms with Crippen molar-refractivity contribution in [1.82, 2.24) is 0 Å². The van der Waals surface area contributed by atoms with Gasteiger partial charge < -0.3 is 9.47 Å². The van der Waals surface area contributed by atoms with Gasteiger partial charge in [-0.1, -0.05) is 41.9 Å². The minimum absolute atomic E-state index is 0.231. The fraction of sp³-hybridized carbons (Fsp3) is 0.625. The van der Waals surface area contributed by atoms with Gasteiger partial charge in [-0.2, -0.15) is 0 Å². The maximum absolute atomic E-state index is 5.99. The zero-order chi connectivity index (χ0) is 13.7. The fourth-order valence-electron chi connectivity index (χ4n) is 2.31. The van der Waals surface area contributed by atoms with E-state index in [2.05, 4.69) is 54.0 Å². The molecule has 0 unspecified atom stereocenters. The van der Waals surface area contributed by atoms with Crippen LogP contribution in [0.4, 0.5) is 0 Å². The van der Waals surface area contributed by atoms with E-state index in [-0.39, 0.29) is 5.41 Å². The minimum Gasteiger partial charge on any atom is -0.493 e. The van der Waals surface area contributed by atoms with Crippen LogP contribution in [0.3, 0.4) is 0 Å². The summed E-state index contributed by atoms with van der Waals surface area (Å²) in [4.78, 5) is 0. The maximum atomic E-state index is 5.99. The lowest BCUT2D eigenvalue weighted by molar-refractivity contribution is 0.00354. The van der Waals surface area contributed by atoms with Crippen LogP contribution in [0.15, 0.2) is 24.3 Å². The second kappa shape index (κ2) is 6.76. The molecule has 19 heavy (non-hydrogen) atoms. The van der Waals surface area contributed by atoms with Gasteiger partial charge in [-0.3, -0.25) is 0 Å². The third kappa shape index (κ3) is 3.96. The molecule has 0 radical (unpaired) electrons. The largest absolute Gasteiger partial charge is 0.493 e. The third-order valence-electron chi connectivity index (χ3n) is 3.93. The van der Waals surface area contributed by atoms with Crippen LogP contribution in [-0.2, 0) is 4.74 Å². The lowest BCUT2D eigenvalue weighted by Gasteiger charge is -2.35. The van der Waals surface area contributed by atoms with E-state index in [9.17, 15) is 0 Å². The van der Waals surface area contributed by atoms with Gasteiger partial charge in [0.15, 0.2) is 0 Å². The molecular weight excluding hydrogens is 304 g/mol. The van der Waals surface area contributed by atoms with E-state index in [1.54, 1.807) is 0 Å². The Kier molecular flexibility index (Phi) is 5.28. The minimum atomic E-state index is 0.231. The summed E-state index contributed by atoms with van der Waals surface area (Å²) in [6.45, 7) is 6.88. The van der Waals surface area contributed by atoms with Crippen molar-refractivity contribution in [3.63, 3.8) is 0 Å². The van der Waals surface area contributed by atoms with Gasteiger partial charge in [0.1, 0.15) is 5.75 Å². The quantitative estimate of drug-likeness (QED) is 0.747. The number of benzene rings is 1. The van der Waals surface area contributed by atoms with Crippen molar-refractivity contribution in [3.05, 3.63) is 29.8 Å². The van der Waals surface area contributed by atoms with Gasteiger partial charge in [0.05, 0.1) is 6.61 Å². The molecule has 1 aliphatic rings. The lowest BCUT2D eigenvalue weighted by atomic mass is 9.83. The van der Waals surface area contributed by atoms with Crippen LogP contribution in [0.25, 0.3) is 0 Å². The Morgan fingerprint density at radius 1 is 1.21 bits per heavy atom. The first-order valence-corrected chi connectivity index (χ1v) is 8.14. The highest BCUT2D eigenvalue weighted by atomic mass is 79.9. The van der Waals surface area contributed by atoms with Crippen molar-refractivity contribution in [3.8, 4) is 5.75 Å². The van der Waals surface area contributed by atoms with Gasteiger partial charge >= 0.3 is 0 Å². The molecule has 0 aliphatic carbocycles. The van der Waals surface area contributed by atoms with E-state index >= 15 is 0 Å². The fourth-order valence-corrected chi connectivity index (χ4v) is 3.03. The van der Waals surface area contributed by atoms with E-state index < -0.39 is 0 Å². The van der Waals surface area contributed by atoms with Crippen molar-refractivity contribution in [2.24, 2.45) is 5.41 Å². The van der Waals surface area contributed by atoms with Crippen LogP contribution in [-0.4, -0.2) is 25.2 Å². The number of alkyl halides is 1. The van der Waals surface area contributed by atoms with Gasteiger partial charge in [0.2, 0.25) is 0 Å². The number of hydrogen-bond acceptors (Lipinski definition) is 2. The Balaban J connectivity index is 1.93. The summed E-state index contributed by atoms with van der Waals surface area (Å²) in [5, 5.41) is 0.980. The molecular formula is C16H23BrO2. The van der Waals surface area contributed by atoms with Crippen LogP contribution in [0.1, 0.15) is 38.2 Å². The van der Waals surface area contributed by atoms with Gasteiger partial charge in [-0.15, -0.1) is 0 Å². The van der Waals surface area contributed by atoms with Crippen molar-refractivity contribution >= 4 is 15.9 Å². The van der Waals surface area contributed by atoms with Gasteiger partial charge in [0.25, 0.3) is 0 Å². The summed E-state index contributed by atoms with van der Waals surface area (Å²) in [7, 11) is 0. The SMILES string of the molecule is CC(C)c1ccc(OCC2(CBr)CCOCC2)cc1. The first-order chi connectivity index (χ1) is 9.15. The van der Waals surface area contributed by atoms with Crippen LogP contribution >= 0.6 is 15.9 Å². The maximum Gasteiger partial charge on any atom is 0.119 e. The highest BCUT2D eigenvalue weighted by Crippen LogP contribution is 2.33. The van der Waals surface area contributed by atoms with Crippen molar-refractivity contribution in [2.75, 3.05) is 25.2 Å².